The van der Waals surface area contributed by atoms with E-state index in [4.69, 9.17) is 9.47 Å². The Bertz CT molecular complexity index is 850. The first kappa shape index (κ1) is 48.0. The number of ether oxygens (including phenoxy) is 2. The third-order valence-corrected chi connectivity index (χ3v) is 9.07. The highest BCUT2D eigenvalue weighted by molar-refractivity contribution is 5.70. The van der Waals surface area contributed by atoms with Crippen LogP contribution in [0.4, 0.5) is 0 Å². The highest BCUT2D eigenvalue weighted by atomic mass is 16.6. The Balaban J connectivity index is 3.77. The van der Waals surface area contributed by atoms with Crippen molar-refractivity contribution in [1.29, 1.82) is 0 Å². The molecule has 0 saturated carbocycles. The Labute approximate surface area is 307 Å². The number of allylic oxidation sites excluding steroid dienone is 5. The Morgan fingerprint density at radius 2 is 1.10 bits per heavy atom. The molecule has 0 aliphatic carbocycles. The van der Waals surface area contributed by atoms with E-state index >= 15 is 0 Å². The lowest BCUT2D eigenvalue weighted by molar-refractivity contribution is -0.161. The van der Waals surface area contributed by atoms with Gasteiger partial charge in [-0.25, -0.2) is 0 Å². The second-order valence-corrected chi connectivity index (χ2v) is 14.5. The zero-order chi connectivity index (χ0) is 36.9. The minimum absolute atomic E-state index is 0.0423. The van der Waals surface area contributed by atoms with E-state index in [2.05, 4.69) is 45.1 Å². The second-order valence-electron chi connectivity index (χ2n) is 14.5. The van der Waals surface area contributed by atoms with E-state index in [0.717, 1.165) is 44.4 Å². The van der Waals surface area contributed by atoms with Gasteiger partial charge >= 0.3 is 11.9 Å². The average Bonchev–Trinajstić information content (AvgIpc) is 3.09. The Hall–Kier alpha value is -1.96. The first-order valence-electron chi connectivity index (χ1n) is 20.6. The van der Waals surface area contributed by atoms with Crippen LogP contribution in [0, 0.1) is 5.92 Å². The minimum Gasteiger partial charge on any atom is -0.462 e. The van der Waals surface area contributed by atoms with E-state index < -0.39 is 30.9 Å². The van der Waals surface area contributed by atoms with Gasteiger partial charge in [-0.2, -0.15) is 0 Å². The van der Waals surface area contributed by atoms with Crippen LogP contribution in [-0.2, 0) is 19.1 Å². The van der Waals surface area contributed by atoms with Crippen LogP contribution in [0.15, 0.2) is 36.5 Å². The molecule has 292 valence electrons. The topological polar surface area (TPSA) is 113 Å². The smallest absolute Gasteiger partial charge is 0.306 e. The van der Waals surface area contributed by atoms with Crippen molar-refractivity contribution in [1.82, 2.24) is 0 Å². The van der Waals surface area contributed by atoms with Gasteiger partial charge in [-0.1, -0.05) is 160 Å². The summed E-state index contributed by atoms with van der Waals surface area (Å²) in [5.74, 6) is -0.0340. The van der Waals surface area contributed by atoms with Crippen molar-refractivity contribution >= 4 is 11.9 Å². The molecule has 0 amide bonds. The van der Waals surface area contributed by atoms with E-state index in [1.807, 2.05) is 12.2 Å². The van der Waals surface area contributed by atoms with Crippen molar-refractivity contribution in [3.8, 4) is 0 Å². The summed E-state index contributed by atoms with van der Waals surface area (Å²) >= 11 is 0. The van der Waals surface area contributed by atoms with Gasteiger partial charge in [-0.05, 0) is 57.3 Å². The molecule has 0 aliphatic rings. The molecule has 0 aromatic rings. The van der Waals surface area contributed by atoms with Crippen LogP contribution in [0.1, 0.15) is 188 Å². The molecule has 2 unspecified atom stereocenters. The van der Waals surface area contributed by atoms with Crippen LogP contribution in [-0.4, -0.2) is 58.8 Å². The fraction of sp³-hybridized carbons (Fsp3) is 0.814. The second kappa shape index (κ2) is 36.8. The van der Waals surface area contributed by atoms with Gasteiger partial charge in [-0.15, -0.1) is 0 Å². The zero-order valence-electron chi connectivity index (χ0n) is 32.5. The lowest BCUT2D eigenvalue weighted by atomic mass is 10.0. The summed E-state index contributed by atoms with van der Waals surface area (Å²) in [6.07, 6.45) is 36.7. The highest BCUT2D eigenvalue weighted by Crippen LogP contribution is 2.15. The molecule has 50 heavy (non-hydrogen) atoms. The van der Waals surface area contributed by atoms with E-state index in [-0.39, 0.29) is 25.4 Å². The molecule has 0 radical (unpaired) electrons. The molecular formula is C43H78O7. The molecule has 0 saturated heterocycles. The third kappa shape index (κ3) is 34.5. The molecule has 0 aromatic carbocycles. The summed E-state index contributed by atoms with van der Waals surface area (Å²) < 4.78 is 10.5. The van der Waals surface area contributed by atoms with Crippen LogP contribution >= 0.6 is 0 Å². The maximum Gasteiger partial charge on any atom is 0.306 e. The minimum atomic E-state index is -0.940. The van der Waals surface area contributed by atoms with Crippen LogP contribution in [0.25, 0.3) is 0 Å². The fourth-order valence-electron chi connectivity index (χ4n) is 5.78. The number of carbonyl (C=O) groups excluding carboxylic acids is 2. The van der Waals surface area contributed by atoms with Crippen molar-refractivity contribution in [2.45, 2.75) is 206 Å². The number of hydrogen-bond donors (Lipinski definition) is 3. The summed E-state index contributed by atoms with van der Waals surface area (Å²) in [7, 11) is 0. The van der Waals surface area contributed by atoms with Crippen molar-refractivity contribution in [2.24, 2.45) is 5.92 Å². The molecule has 0 bridgehead atoms. The van der Waals surface area contributed by atoms with Gasteiger partial charge in [0.15, 0.2) is 6.10 Å². The molecule has 7 heteroatoms. The van der Waals surface area contributed by atoms with E-state index in [9.17, 15) is 24.9 Å². The predicted molar refractivity (Wildman–Crippen MR) is 208 cm³/mol. The first-order valence-corrected chi connectivity index (χ1v) is 20.6. The maximum absolute atomic E-state index is 12.2. The monoisotopic (exact) mass is 707 g/mol. The van der Waals surface area contributed by atoms with Crippen LogP contribution in [0.3, 0.4) is 0 Å². The number of aliphatic hydroxyl groups is 3. The Morgan fingerprint density at radius 1 is 0.580 bits per heavy atom. The van der Waals surface area contributed by atoms with Crippen LogP contribution < -0.4 is 0 Å². The van der Waals surface area contributed by atoms with Gasteiger partial charge in [0.1, 0.15) is 6.61 Å². The summed E-state index contributed by atoms with van der Waals surface area (Å²) in [5, 5.41) is 30.0. The first-order chi connectivity index (χ1) is 24.3. The average molecular weight is 707 g/mol. The van der Waals surface area contributed by atoms with E-state index in [1.54, 1.807) is 0 Å². The van der Waals surface area contributed by atoms with E-state index in [1.165, 1.54) is 96.3 Å². The SMILES string of the molecule is CCCCC/C=C\C/C=C\C/C=C\CC(O)C(O)CCCC(=O)O[C@@H](CO)COC(=O)CCCCCCCCCCCCCCCCC(C)C. The molecule has 0 heterocycles. The molecular weight excluding hydrogens is 628 g/mol. The molecule has 3 N–H and O–H groups in total. The highest BCUT2D eigenvalue weighted by Gasteiger charge is 2.18. The number of rotatable bonds is 36. The molecule has 7 nitrogen and oxygen atoms in total. The zero-order valence-corrected chi connectivity index (χ0v) is 32.5. The number of carbonyl (C=O) groups is 2. The normalized spacial score (nSPS) is 13.9. The summed E-state index contributed by atoms with van der Waals surface area (Å²) in [6, 6.07) is 0. The van der Waals surface area contributed by atoms with Gasteiger partial charge in [-0.3, -0.25) is 9.59 Å². The van der Waals surface area contributed by atoms with Crippen molar-refractivity contribution < 1.29 is 34.4 Å². The van der Waals surface area contributed by atoms with Gasteiger partial charge in [0.2, 0.25) is 0 Å². The van der Waals surface area contributed by atoms with Gasteiger partial charge < -0.3 is 24.8 Å². The van der Waals surface area contributed by atoms with Crippen LogP contribution in [0.5, 0.6) is 0 Å². The predicted octanol–water partition coefficient (Wildman–Crippen LogP) is 10.6. The van der Waals surface area contributed by atoms with Crippen molar-refractivity contribution in [3.05, 3.63) is 36.5 Å². The quantitative estimate of drug-likeness (QED) is 0.0338. The summed E-state index contributed by atoms with van der Waals surface area (Å²) in [4.78, 5) is 24.3. The molecule has 0 spiro atoms. The number of esters is 2. The molecule has 0 aliphatic heterocycles. The standard InChI is InChI=1S/C43H78O7/c1-4-5-6-7-8-9-10-16-19-22-25-28-32-40(45)41(46)33-30-35-43(48)50-39(36-44)37-49-42(47)34-29-26-23-20-17-14-12-11-13-15-18-21-24-27-31-38(2)3/h8-9,16,19,25,28,38-41,44-46H,4-7,10-15,17-18,20-24,26-27,29-37H2,1-3H3/b9-8-,19-16-,28-25-/t39-,40?,41?/m0/s1. The molecule has 0 rings (SSSR count). The van der Waals surface area contributed by atoms with Crippen molar-refractivity contribution in [3.63, 3.8) is 0 Å². The van der Waals surface area contributed by atoms with Crippen molar-refractivity contribution in [2.75, 3.05) is 13.2 Å². The number of hydrogen-bond acceptors (Lipinski definition) is 7. The molecule has 0 aromatic heterocycles. The van der Waals surface area contributed by atoms with Gasteiger partial charge in [0.25, 0.3) is 0 Å². The summed E-state index contributed by atoms with van der Waals surface area (Å²) in [6.45, 7) is 6.22. The molecule has 0 fully saturated rings. The Morgan fingerprint density at radius 3 is 1.66 bits per heavy atom. The van der Waals surface area contributed by atoms with Crippen LogP contribution in [0.2, 0.25) is 0 Å². The van der Waals surface area contributed by atoms with E-state index in [0.29, 0.717) is 19.3 Å². The lowest BCUT2D eigenvalue weighted by Crippen LogP contribution is -2.29. The third-order valence-electron chi connectivity index (χ3n) is 9.07. The fourth-order valence-corrected chi connectivity index (χ4v) is 5.78. The number of unbranched alkanes of at least 4 members (excludes halogenated alkanes) is 16. The Kier molecular flexibility index (Phi) is 35.4. The maximum atomic E-state index is 12.2. The lowest BCUT2D eigenvalue weighted by Gasteiger charge is -2.17. The number of aliphatic hydroxyl groups excluding tert-OH is 3. The summed E-state index contributed by atoms with van der Waals surface area (Å²) in [5.41, 5.74) is 0. The molecule has 3 atom stereocenters. The van der Waals surface area contributed by atoms with Gasteiger partial charge in [0, 0.05) is 12.8 Å². The van der Waals surface area contributed by atoms with Gasteiger partial charge in [0.05, 0.1) is 18.8 Å². The largest absolute Gasteiger partial charge is 0.462 e.